The maximum atomic E-state index is 11.1. The Labute approximate surface area is 64.5 Å². The summed E-state index contributed by atoms with van der Waals surface area (Å²) in [5.74, 6) is -0.0758. The molecule has 1 N–H and O–H groups in total. The summed E-state index contributed by atoms with van der Waals surface area (Å²) in [6, 6.07) is 7.10. The predicted molar refractivity (Wildman–Crippen MR) is 40.0 cm³/mol. The van der Waals surface area contributed by atoms with Crippen LogP contribution in [-0.4, -0.2) is 10.9 Å². The third-order valence-corrected chi connectivity index (χ3v) is 1.85. The van der Waals surface area contributed by atoms with E-state index in [4.69, 9.17) is 0 Å². The number of Topliss-reactive ketones (excluding diaryl/α,β-unsaturated/α-hetero) is 1. The zero-order valence-electron chi connectivity index (χ0n) is 5.82. The monoisotopic (exact) mass is 147 g/mol. The molecule has 0 aliphatic heterocycles. The van der Waals surface area contributed by atoms with Crippen molar-refractivity contribution in [3.8, 4) is 0 Å². The topological polar surface area (TPSA) is 37.3 Å². The summed E-state index contributed by atoms with van der Waals surface area (Å²) in [6.07, 6.45) is 0.628. The van der Waals surface area contributed by atoms with Gasteiger partial charge in [-0.3, -0.25) is 4.79 Å². The summed E-state index contributed by atoms with van der Waals surface area (Å²) in [7, 11) is 0. The molecular formula is C9H7O2. The van der Waals surface area contributed by atoms with Crippen molar-refractivity contribution in [2.75, 3.05) is 0 Å². The average molecular weight is 147 g/mol. The number of carbonyl (C=O) groups is 1. The molecule has 55 valence electrons. The van der Waals surface area contributed by atoms with E-state index in [1.165, 1.54) is 6.42 Å². The fourth-order valence-corrected chi connectivity index (χ4v) is 1.30. The zero-order chi connectivity index (χ0) is 7.84. The number of ketones is 1. The van der Waals surface area contributed by atoms with Crippen LogP contribution in [0.15, 0.2) is 24.3 Å². The molecule has 2 heteroatoms. The number of fused-ring (bicyclic) bond motifs is 1. The molecule has 1 radical (unpaired) electrons. The maximum absolute atomic E-state index is 11.1. The average Bonchev–Trinajstić information content (AvgIpc) is 2.30. The zero-order valence-corrected chi connectivity index (χ0v) is 5.82. The SMILES string of the molecule is O=C1[CH]C(O)c2ccccc21. The van der Waals surface area contributed by atoms with Crippen LogP contribution in [0.5, 0.6) is 0 Å². The minimum absolute atomic E-state index is 0.0758. The molecule has 0 spiro atoms. The van der Waals surface area contributed by atoms with Crippen molar-refractivity contribution in [3.63, 3.8) is 0 Å². The quantitative estimate of drug-likeness (QED) is 0.597. The number of hydrogen-bond acceptors (Lipinski definition) is 2. The Morgan fingerprint density at radius 1 is 1.27 bits per heavy atom. The lowest BCUT2D eigenvalue weighted by Gasteiger charge is -1.98. The first-order valence-corrected chi connectivity index (χ1v) is 3.45. The molecule has 0 amide bonds. The lowest BCUT2D eigenvalue weighted by molar-refractivity contribution is 0.101. The first-order chi connectivity index (χ1) is 5.29. The van der Waals surface area contributed by atoms with Crippen molar-refractivity contribution >= 4 is 5.78 Å². The van der Waals surface area contributed by atoms with Crippen LogP contribution < -0.4 is 0 Å². The molecule has 1 unspecified atom stereocenters. The van der Waals surface area contributed by atoms with Gasteiger partial charge in [0.05, 0.1) is 12.5 Å². The lowest BCUT2D eigenvalue weighted by Crippen LogP contribution is -1.91. The van der Waals surface area contributed by atoms with Gasteiger partial charge in [-0.2, -0.15) is 0 Å². The summed E-state index contributed by atoms with van der Waals surface area (Å²) in [5.41, 5.74) is 1.34. The van der Waals surface area contributed by atoms with Crippen LogP contribution in [0.25, 0.3) is 0 Å². The van der Waals surface area contributed by atoms with E-state index in [0.29, 0.717) is 5.56 Å². The van der Waals surface area contributed by atoms with Gasteiger partial charge in [0.1, 0.15) is 0 Å². The summed E-state index contributed by atoms with van der Waals surface area (Å²) in [6.45, 7) is 0. The van der Waals surface area contributed by atoms with Crippen molar-refractivity contribution in [2.45, 2.75) is 6.10 Å². The highest BCUT2D eigenvalue weighted by Gasteiger charge is 2.26. The minimum Gasteiger partial charge on any atom is -0.388 e. The predicted octanol–water partition coefficient (Wildman–Crippen LogP) is 1.12. The fraction of sp³-hybridized carbons (Fsp3) is 0.111. The molecule has 0 bridgehead atoms. The highest BCUT2D eigenvalue weighted by molar-refractivity contribution is 6.07. The molecule has 0 saturated heterocycles. The van der Waals surface area contributed by atoms with Crippen molar-refractivity contribution in [3.05, 3.63) is 41.8 Å². The van der Waals surface area contributed by atoms with Crippen molar-refractivity contribution in [1.82, 2.24) is 0 Å². The van der Waals surface area contributed by atoms with Crippen LogP contribution in [0.2, 0.25) is 0 Å². The molecule has 0 saturated carbocycles. The Morgan fingerprint density at radius 3 is 2.73 bits per heavy atom. The van der Waals surface area contributed by atoms with Gasteiger partial charge in [0.2, 0.25) is 0 Å². The van der Waals surface area contributed by atoms with Gasteiger partial charge in [-0.1, -0.05) is 24.3 Å². The van der Waals surface area contributed by atoms with Gasteiger partial charge in [0, 0.05) is 5.56 Å². The Hall–Kier alpha value is -1.15. The number of aliphatic hydroxyl groups is 1. The van der Waals surface area contributed by atoms with E-state index >= 15 is 0 Å². The van der Waals surface area contributed by atoms with Crippen LogP contribution in [0.1, 0.15) is 22.0 Å². The highest BCUT2D eigenvalue weighted by atomic mass is 16.3. The van der Waals surface area contributed by atoms with Crippen molar-refractivity contribution < 1.29 is 9.90 Å². The summed E-state index contributed by atoms with van der Waals surface area (Å²) in [5, 5.41) is 9.28. The van der Waals surface area contributed by atoms with Gasteiger partial charge in [-0.25, -0.2) is 0 Å². The Balaban J connectivity index is 2.60. The molecule has 2 rings (SSSR count). The van der Waals surface area contributed by atoms with Crippen molar-refractivity contribution in [2.24, 2.45) is 0 Å². The van der Waals surface area contributed by atoms with Crippen molar-refractivity contribution in [1.29, 1.82) is 0 Å². The summed E-state index contributed by atoms with van der Waals surface area (Å²) < 4.78 is 0. The first-order valence-electron chi connectivity index (χ1n) is 3.45. The summed E-state index contributed by atoms with van der Waals surface area (Å²) in [4.78, 5) is 11.1. The van der Waals surface area contributed by atoms with E-state index in [-0.39, 0.29) is 5.78 Å². The van der Waals surface area contributed by atoms with E-state index < -0.39 is 6.10 Å². The van der Waals surface area contributed by atoms with Crippen LogP contribution in [0, 0.1) is 6.42 Å². The van der Waals surface area contributed by atoms with Crippen LogP contribution in [-0.2, 0) is 0 Å². The molecule has 1 atom stereocenters. The number of hydrogen-bond donors (Lipinski definition) is 1. The van der Waals surface area contributed by atoms with Gasteiger partial charge in [0.25, 0.3) is 0 Å². The van der Waals surface area contributed by atoms with Crippen LogP contribution in [0.3, 0.4) is 0 Å². The van der Waals surface area contributed by atoms with Gasteiger partial charge in [-0.15, -0.1) is 0 Å². The first kappa shape index (κ1) is 6.55. The molecule has 1 aliphatic carbocycles. The third kappa shape index (κ3) is 0.870. The molecule has 1 aromatic carbocycles. The van der Waals surface area contributed by atoms with E-state index in [2.05, 4.69) is 0 Å². The largest absolute Gasteiger partial charge is 0.388 e. The normalized spacial score (nSPS) is 21.9. The van der Waals surface area contributed by atoms with Gasteiger partial charge < -0.3 is 5.11 Å². The standard InChI is InChI=1S/C9H7O2/c10-8-5-9(11)7-4-2-1-3-6(7)8/h1-5,8,10H. The van der Waals surface area contributed by atoms with Crippen LogP contribution in [0.4, 0.5) is 0 Å². The molecule has 0 heterocycles. The molecule has 2 nitrogen and oxygen atoms in total. The van der Waals surface area contributed by atoms with Gasteiger partial charge in [0.15, 0.2) is 5.78 Å². The van der Waals surface area contributed by atoms with E-state index in [9.17, 15) is 9.90 Å². The van der Waals surface area contributed by atoms with Gasteiger partial charge >= 0.3 is 0 Å². The number of benzene rings is 1. The summed E-state index contributed by atoms with van der Waals surface area (Å²) >= 11 is 0. The molecule has 0 fully saturated rings. The highest BCUT2D eigenvalue weighted by Crippen LogP contribution is 2.29. The second kappa shape index (κ2) is 2.17. The third-order valence-electron chi connectivity index (χ3n) is 1.85. The molecule has 1 aliphatic rings. The van der Waals surface area contributed by atoms with Crippen LogP contribution >= 0.6 is 0 Å². The fourth-order valence-electron chi connectivity index (χ4n) is 1.30. The molecular weight excluding hydrogens is 140 g/mol. The number of carbonyl (C=O) groups excluding carboxylic acids is 1. The maximum Gasteiger partial charge on any atom is 0.170 e. The van der Waals surface area contributed by atoms with Gasteiger partial charge in [-0.05, 0) is 5.56 Å². The second-order valence-electron chi connectivity index (χ2n) is 2.56. The molecule has 0 aromatic heterocycles. The van der Waals surface area contributed by atoms with E-state index in [1.807, 2.05) is 6.07 Å². The number of rotatable bonds is 0. The smallest absolute Gasteiger partial charge is 0.170 e. The van der Waals surface area contributed by atoms with E-state index in [0.717, 1.165) is 5.56 Å². The minimum atomic E-state index is -0.696. The van der Waals surface area contributed by atoms with E-state index in [1.54, 1.807) is 18.2 Å². The Kier molecular flexibility index (Phi) is 1.29. The second-order valence-corrected chi connectivity index (χ2v) is 2.56. The lowest BCUT2D eigenvalue weighted by atomic mass is 10.1. The Bertz CT molecular complexity index is 304. The molecule has 1 aromatic rings. The number of aliphatic hydroxyl groups excluding tert-OH is 1. The molecule has 11 heavy (non-hydrogen) atoms. The Morgan fingerprint density at radius 2 is 2.00 bits per heavy atom.